The zero-order valence-corrected chi connectivity index (χ0v) is 11.8. The van der Waals surface area contributed by atoms with E-state index in [0.29, 0.717) is 5.28 Å². The predicted molar refractivity (Wildman–Crippen MR) is 72.2 cm³/mol. The zero-order valence-electron chi connectivity index (χ0n) is 9.50. The molecule has 3 rings (SSSR count). The fourth-order valence-corrected chi connectivity index (χ4v) is 2.92. The van der Waals surface area contributed by atoms with Gasteiger partial charge in [0, 0.05) is 12.7 Å². The standard InChI is InChI=1S/C12H15BrClN3/c13-10-6-16-12(14)17-11(10)15-5-9(7-1-2-7)8-3-4-8/h6-9H,1-5H2,(H,15,16,17). The molecule has 0 aliphatic heterocycles. The summed E-state index contributed by atoms with van der Waals surface area (Å²) in [5, 5.41) is 3.71. The zero-order chi connectivity index (χ0) is 11.8. The molecular formula is C12H15BrClN3. The van der Waals surface area contributed by atoms with Crippen molar-refractivity contribution in [2.75, 3.05) is 11.9 Å². The molecule has 0 atom stereocenters. The molecule has 2 aliphatic rings. The van der Waals surface area contributed by atoms with Crippen LogP contribution in [0.4, 0.5) is 5.82 Å². The monoisotopic (exact) mass is 315 g/mol. The third-order valence-electron chi connectivity index (χ3n) is 3.67. The van der Waals surface area contributed by atoms with Crippen LogP contribution in [-0.4, -0.2) is 16.5 Å². The van der Waals surface area contributed by atoms with Gasteiger partial charge in [-0.05, 0) is 71.0 Å². The number of nitrogens with zero attached hydrogens (tertiary/aromatic N) is 2. The number of nitrogens with one attached hydrogen (secondary N) is 1. The van der Waals surface area contributed by atoms with Gasteiger partial charge in [-0.25, -0.2) is 4.98 Å². The molecule has 0 amide bonds. The van der Waals surface area contributed by atoms with Crippen LogP contribution in [0, 0.1) is 17.8 Å². The molecule has 0 bridgehead atoms. The quantitative estimate of drug-likeness (QED) is 0.841. The van der Waals surface area contributed by atoms with Gasteiger partial charge in [0.25, 0.3) is 0 Å². The summed E-state index contributed by atoms with van der Waals surface area (Å²) in [5.74, 6) is 3.55. The van der Waals surface area contributed by atoms with E-state index in [9.17, 15) is 0 Å². The van der Waals surface area contributed by atoms with Crippen LogP contribution in [-0.2, 0) is 0 Å². The van der Waals surface area contributed by atoms with E-state index in [1.165, 1.54) is 25.7 Å². The first-order chi connectivity index (χ1) is 8.24. The molecule has 1 aromatic heterocycles. The van der Waals surface area contributed by atoms with Crippen molar-refractivity contribution in [1.82, 2.24) is 9.97 Å². The first-order valence-corrected chi connectivity index (χ1v) is 7.33. The Morgan fingerprint density at radius 3 is 2.59 bits per heavy atom. The molecule has 0 aromatic carbocycles. The first-order valence-electron chi connectivity index (χ1n) is 6.16. The van der Waals surface area contributed by atoms with E-state index in [1.807, 2.05) is 0 Å². The van der Waals surface area contributed by atoms with E-state index >= 15 is 0 Å². The van der Waals surface area contributed by atoms with Crippen LogP contribution in [0.15, 0.2) is 10.7 Å². The Kier molecular flexibility index (Phi) is 3.26. The highest BCUT2D eigenvalue weighted by Crippen LogP contribution is 2.49. The third kappa shape index (κ3) is 2.91. The van der Waals surface area contributed by atoms with Crippen molar-refractivity contribution in [3.05, 3.63) is 16.0 Å². The van der Waals surface area contributed by atoms with Gasteiger partial charge in [0.1, 0.15) is 5.82 Å². The SMILES string of the molecule is Clc1ncc(Br)c(NCC(C2CC2)C2CC2)n1. The van der Waals surface area contributed by atoms with Gasteiger partial charge in [-0.1, -0.05) is 0 Å². The molecule has 0 saturated heterocycles. The summed E-state index contributed by atoms with van der Waals surface area (Å²) < 4.78 is 0.882. The second-order valence-corrected chi connectivity index (χ2v) is 6.25. The van der Waals surface area contributed by atoms with Crippen LogP contribution >= 0.6 is 27.5 Å². The van der Waals surface area contributed by atoms with E-state index in [4.69, 9.17) is 11.6 Å². The molecule has 2 saturated carbocycles. The Hall–Kier alpha value is -0.350. The largest absolute Gasteiger partial charge is 0.369 e. The minimum atomic E-state index is 0.296. The lowest BCUT2D eigenvalue weighted by molar-refractivity contribution is 0.427. The molecule has 92 valence electrons. The summed E-state index contributed by atoms with van der Waals surface area (Å²) in [6, 6.07) is 0. The van der Waals surface area contributed by atoms with Crippen molar-refractivity contribution in [2.45, 2.75) is 25.7 Å². The maximum atomic E-state index is 5.80. The summed E-state index contributed by atoms with van der Waals surface area (Å²) in [7, 11) is 0. The summed E-state index contributed by atoms with van der Waals surface area (Å²) >= 11 is 9.24. The molecule has 2 fully saturated rings. The molecule has 0 spiro atoms. The highest BCUT2D eigenvalue weighted by Gasteiger charge is 2.41. The van der Waals surface area contributed by atoms with E-state index in [1.54, 1.807) is 6.20 Å². The number of hydrogen-bond acceptors (Lipinski definition) is 3. The van der Waals surface area contributed by atoms with Crippen LogP contribution in [0.2, 0.25) is 5.28 Å². The highest BCUT2D eigenvalue weighted by molar-refractivity contribution is 9.10. The van der Waals surface area contributed by atoms with E-state index in [0.717, 1.165) is 34.6 Å². The Morgan fingerprint density at radius 2 is 2.00 bits per heavy atom. The molecule has 2 aliphatic carbocycles. The van der Waals surface area contributed by atoms with Gasteiger partial charge in [-0.2, -0.15) is 4.98 Å². The number of hydrogen-bond donors (Lipinski definition) is 1. The number of halogens is 2. The van der Waals surface area contributed by atoms with Crippen LogP contribution in [0.5, 0.6) is 0 Å². The summed E-state index contributed by atoms with van der Waals surface area (Å²) in [6.45, 7) is 1.02. The van der Waals surface area contributed by atoms with Gasteiger partial charge in [-0.3, -0.25) is 0 Å². The van der Waals surface area contributed by atoms with Gasteiger partial charge in [-0.15, -0.1) is 0 Å². The van der Waals surface area contributed by atoms with Crippen LogP contribution < -0.4 is 5.32 Å². The van der Waals surface area contributed by atoms with Gasteiger partial charge in [0.05, 0.1) is 4.47 Å². The summed E-state index contributed by atoms with van der Waals surface area (Å²) in [4.78, 5) is 8.13. The van der Waals surface area contributed by atoms with E-state index in [2.05, 4.69) is 31.2 Å². The molecule has 1 heterocycles. The second-order valence-electron chi connectivity index (χ2n) is 5.06. The van der Waals surface area contributed by atoms with E-state index < -0.39 is 0 Å². The van der Waals surface area contributed by atoms with Crippen molar-refractivity contribution in [1.29, 1.82) is 0 Å². The van der Waals surface area contributed by atoms with Crippen LogP contribution in [0.25, 0.3) is 0 Å². The molecule has 0 radical (unpaired) electrons. The smallest absolute Gasteiger partial charge is 0.224 e. The fraction of sp³-hybridized carbons (Fsp3) is 0.667. The molecule has 1 N–H and O–H groups in total. The Balaban J connectivity index is 1.63. The lowest BCUT2D eigenvalue weighted by Gasteiger charge is -2.17. The minimum absolute atomic E-state index is 0.296. The maximum absolute atomic E-state index is 5.80. The molecule has 0 unspecified atom stereocenters. The lowest BCUT2D eigenvalue weighted by atomic mass is 9.98. The van der Waals surface area contributed by atoms with Gasteiger partial charge >= 0.3 is 0 Å². The normalized spacial score (nSPS) is 19.7. The Morgan fingerprint density at radius 1 is 1.35 bits per heavy atom. The van der Waals surface area contributed by atoms with Gasteiger partial charge in [0.15, 0.2) is 0 Å². The second kappa shape index (κ2) is 4.73. The molecule has 17 heavy (non-hydrogen) atoms. The van der Waals surface area contributed by atoms with Crippen LogP contribution in [0.3, 0.4) is 0 Å². The maximum Gasteiger partial charge on any atom is 0.224 e. The van der Waals surface area contributed by atoms with Crippen molar-refractivity contribution < 1.29 is 0 Å². The first kappa shape index (κ1) is 11.7. The predicted octanol–water partition coefficient (Wildman–Crippen LogP) is 3.74. The number of rotatable bonds is 5. The Bertz CT molecular complexity index is 406. The minimum Gasteiger partial charge on any atom is -0.369 e. The van der Waals surface area contributed by atoms with Crippen molar-refractivity contribution in [3.63, 3.8) is 0 Å². The summed E-state index contributed by atoms with van der Waals surface area (Å²) in [5.41, 5.74) is 0. The molecule has 5 heteroatoms. The number of aromatic nitrogens is 2. The molecular weight excluding hydrogens is 302 g/mol. The third-order valence-corrected chi connectivity index (χ3v) is 4.44. The van der Waals surface area contributed by atoms with Crippen molar-refractivity contribution in [2.24, 2.45) is 17.8 Å². The topological polar surface area (TPSA) is 37.8 Å². The van der Waals surface area contributed by atoms with E-state index in [-0.39, 0.29) is 0 Å². The molecule has 3 nitrogen and oxygen atoms in total. The average molecular weight is 317 g/mol. The Labute approximate surface area is 114 Å². The van der Waals surface area contributed by atoms with Crippen LogP contribution in [0.1, 0.15) is 25.7 Å². The summed E-state index contributed by atoms with van der Waals surface area (Å²) in [6.07, 6.45) is 7.34. The van der Waals surface area contributed by atoms with Crippen molar-refractivity contribution >= 4 is 33.3 Å². The number of anilines is 1. The molecule has 1 aromatic rings. The van der Waals surface area contributed by atoms with Crippen molar-refractivity contribution in [3.8, 4) is 0 Å². The lowest BCUT2D eigenvalue weighted by Crippen LogP contribution is -2.19. The van der Waals surface area contributed by atoms with Gasteiger partial charge < -0.3 is 5.32 Å². The highest BCUT2D eigenvalue weighted by atomic mass is 79.9. The average Bonchev–Trinajstić information content (AvgIpc) is 3.14. The van der Waals surface area contributed by atoms with Gasteiger partial charge in [0.2, 0.25) is 5.28 Å². The fourth-order valence-electron chi connectivity index (χ4n) is 2.45.